The molecule has 0 radical (unpaired) electrons. The zero-order valence-corrected chi connectivity index (χ0v) is 16.5. The number of imidazole rings is 1. The van der Waals surface area contributed by atoms with Crippen LogP contribution in [0, 0.1) is 0 Å². The van der Waals surface area contributed by atoms with Gasteiger partial charge < -0.3 is 5.32 Å². The quantitative estimate of drug-likeness (QED) is 0.522. The fraction of sp³-hybridized carbons (Fsp3) is 0.333. The molecule has 0 saturated heterocycles. The first-order valence-electron chi connectivity index (χ1n) is 9.44. The molecule has 0 amide bonds. The van der Waals surface area contributed by atoms with Crippen molar-refractivity contribution in [2.45, 2.75) is 43.5 Å². The molecule has 27 heavy (non-hydrogen) atoms. The number of aromatic nitrogens is 3. The van der Waals surface area contributed by atoms with Gasteiger partial charge in [0.05, 0.1) is 16.6 Å². The van der Waals surface area contributed by atoms with Gasteiger partial charge in [-0.15, -0.1) is 0 Å². The lowest BCUT2D eigenvalue weighted by Gasteiger charge is -2.12. The summed E-state index contributed by atoms with van der Waals surface area (Å²) in [6.45, 7) is 3.15. The molecule has 6 heteroatoms. The van der Waals surface area contributed by atoms with Crippen LogP contribution in [0.15, 0.2) is 66.2 Å². The second-order valence-electron chi connectivity index (χ2n) is 6.40. The van der Waals surface area contributed by atoms with Crippen LogP contribution >= 0.6 is 0 Å². The van der Waals surface area contributed by atoms with Gasteiger partial charge >= 0.3 is 0 Å². The highest BCUT2D eigenvalue weighted by Crippen LogP contribution is 2.20. The van der Waals surface area contributed by atoms with E-state index in [1.54, 1.807) is 23.2 Å². The average molecular weight is 383 g/mol. The molecule has 0 saturated carbocycles. The Kier molecular flexibility index (Phi) is 7.16. The maximum absolute atomic E-state index is 13.0. The third-order valence-corrected chi connectivity index (χ3v) is 5.64. The normalized spacial score (nSPS) is 12.0. The minimum absolute atomic E-state index is 0.419. The second-order valence-corrected chi connectivity index (χ2v) is 7.75. The third-order valence-electron chi connectivity index (χ3n) is 4.36. The summed E-state index contributed by atoms with van der Waals surface area (Å²) in [6.07, 6.45) is 10.1. The molecule has 0 aliphatic carbocycles. The van der Waals surface area contributed by atoms with Crippen molar-refractivity contribution in [1.82, 2.24) is 14.5 Å². The van der Waals surface area contributed by atoms with Crippen molar-refractivity contribution in [1.29, 1.82) is 0 Å². The van der Waals surface area contributed by atoms with Crippen molar-refractivity contribution in [3.8, 4) is 5.82 Å². The van der Waals surface area contributed by atoms with Gasteiger partial charge in [0.1, 0.15) is 5.82 Å². The Morgan fingerprint density at radius 1 is 1.00 bits per heavy atom. The van der Waals surface area contributed by atoms with E-state index in [1.165, 1.54) is 19.3 Å². The van der Waals surface area contributed by atoms with Crippen molar-refractivity contribution in [3.05, 3.63) is 66.6 Å². The molecule has 0 fully saturated rings. The first-order valence-corrected chi connectivity index (χ1v) is 10.8. The van der Waals surface area contributed by atoms with Gasteiger partial charge in [-0.2, -0.15) is 0 Å². The average Bonchev–Trinajstić information content (AvgIpc) is 3.20. The molecule has 3 rings (SSSR count). The summed E-state index contributed by atoms with van der Waals surface area (Å²) in [7, 11) is -1.26. The topological polar surface area (TPSA) is 59.8 Å². The van der Waals surface area contributed by atoms with Gasteiger partial charge in [-0.05, 0) is 30.2 Å². The number of unbranched alkanes of at least 4 members (excludes halogenated alkanes) is 3. The van der Waals surface area contributed by atoms with Crippen molar-refractivity contribution >= 4 is 16.5 Å². The maximum Gasteiger partial charge on any atom is 0.205 e. The van der Waals surface area contributed by atoms with Gasteiger partial charge in [0.15, 0.2) is 0 Å². The predicted molar refractivity (Wildman–Crippen MR) is 111 cm³/mol. The number of nitrogens with zero attached hydrogens (tertiary/aromatic N) is 3. The number of benzene rings is 1. The van der Waals surface area contributed by atoms with E-state index in [-0.39, 0.29) is 0 Å². The zero-order valence-electron chi connectivity index (χ0n) is 15.7. The number of rotatable bonds is 10. The third kappa shape index (κ3) is 5.26. The van der Waals surface area contributed by atoms with Gasteiger partial charge in [0, 0.05) is 30.8 Å². The van der Waals surface area contributed by atoms with Crippen LogP contribution in [0.4, 0.5) is 5.69 Å². The fourth-order valence-electron chi connectivity index (χ4n) is 2.93. The van der Waals surface area contributed by atoms with Gasteiger partial charge in [0.25, 0.3) is 0 Å². The molecule has 1 unspecified atom stereocenters. The maximum atomic E-state index is 13.0. The molecule has 0 aliphatic heterocycles. The van der Waals surface area contributed by atoms with Crippen molar-refractivity contribution in [2.75, 3.05) is 11.9 Å². The number of para-hydroxylation sites is 1. The monoisotopic (exact) mass is 382 g/mol. The Balaban J connectivity index is 1.70. The molecule has 2 heterocycles. The van der Waals surface area contributed by atoms with E-state index in [0.717, 1.165) is 30.0 Å². The minimum atomic E-state index is -1.26. The first-order chi connectivity index (χ1) is 13.3. The predicted octanol–water partition coefficient (Wildman–Crippen LogP) is 4.57. The molecular weight excluding hydrogens is 356 g/mol. The molecule has 1 N–H and O–H groups in total. The highest BCUT2D eigenvalue weighted by Gasteiger charge is 2.15. The molecule has 0 aliphatic rings. The van der Waals surface area contributed by atoms with Crippen LogP contribution in [-0.2, 0) is 16.6 Å². The molecule has 3 aromatic rings. The summed E-state index contributed by atoms with van der Waals surface area (Å²) < 4.78 is 14.8. The Labute approximate surface area is 163 Å². The number of pyridine rings is 1. The Bertz CT molecular complexity index is 863. The van der Waals surface area contributed by atoms with Crippen LogP contribution < -0.4 is 5.32 Å². The van der Waals surface area contributed by atoms with Crippen molar-refractivity contribution in [2.24, 2.45) is 0 Å². The lowest BCUT2D eigenvalue weighted by Crippen LogP contribution is -2.09. The van der Waals surface area contributed by atoms with E-state index < -0.39 is 10.8 Å². The van der Waals surface area contributed by atoms with Crippen molar-refractivity contribution < 1.29 is 4.21 Å². The largest absolute Gasteiger partial charge is 0.385 e. The first kappa shape index (κ1) is 19.3. The summed E-state index contributed by atoms with van der Waals surface area (Å²) in [4.78, 5) is 8.65. The molecule has 142 valence electrons. The minimum Gasteiger partial charge on any atom is -0.385 e. The molecule has 0 bridgehead atoms. The number of hydrogen-bond donors (Lipinski definition) is 1. The van der Waals surface area contributed by atoms with Gasteiger partial charge in [-0.3, -0.25) is 8.78 Å². The van der Waals surface area contributed by atoms with Crippen LogP contribution in [0.1, 0.15) is 38.2 Å². The number of hydrogen-bond acceptors (Lipinski definition) is 4. The second kappa shape index (κ2) is 10.0. The lowest BCUT2D eigenvalue weighted by molar-refractivity contribution is 0.671. The van der Waals surface area contributed by atoms with Gasteiger partial charge in [-0.1, -0.05) is 50.5 Å². The van der Waals surface area contributed by atoms with E-state index in [0.29, 0.717) is 10.9 Å². The van der Waals surface area contributed by atoms with Gasteiger partial charge in [-0.25, -0.2) is 9.97 Å². The summed E-state index contributed by atoms with van der Waals surface area (Å²) in [5, 5.41) is 4.01. The van der Waals surface area contributed by atoms with Crippen LogP contribution in [0.5, 0.6) is 0 Å². The Morgan fingerprint density at radius 3 is 2.67 bits per heavy atom. The van der Waals surface area contributed by atoms with Crippen LogP contribution in [-0.4, -0.2) is 25.3 Å². The summed E-state index contributed by atoms with van der Waals surface area (Å²) >= 11 is 0. The highest BCUT2D eigenvalue weighted by atomic mass is 32.2. The van der Waals surface area contributed by atoms with Crippen LogP contribution in [0.2, 0.25) is 0 Å². The molecule has 2 aromatic heterocycles. The summed E-state index contributed by atoms with van der Waals surface area (Å²) in [6, 6.07) is 13.7. The van der Waals surface area contributed by atoms with Crippen LogP contribution in [0.25, 0.3) is 5.82 Å². The molecule has 1 aromatic carbocycles. The Morgan fingerprint density at radius 2 is 1.85 bits per heavy atom. The zero-order chi connectivity index (χ0) is 18.9. The molecule has 0 spiro atoms. The fourth-order valence-corrected chi connectivity index (χ4v) is 4.14. The summed E-state index contributed by atoms with van der Waals surface area (Å²) in [5.41, 5.74) is 2.10. The number of nitrogens with one attached hydrogen (secondary N) is 1. The molecular formula is C21H26N4OS. The van der Waals surface area contributed by atoms with E-state index in [4.69, 9.17) is 0 Å². The van der Waals surface area contributed by atoms with Crippen LogP contribution in [0.3, 0.4) is 0 Å². The molecule has 1 atom stereocenters. The van der Waals surface area contributed by atoms with E-state index in [9.17, 15) is 4.21 Å². The van der Waals surface area contributed by atoms with E-state index in [2.05, 4.69) is 28.3 Å². The highest BCUT2D eigenvalue weighted by molar-refractivity contribution is 7.84. The Hall–Kier alpha value is -2.47. The van der Waals surface area contributed by atoms with Crippen molar-refractivity contribution in [3.63, 3.8) is 0 Å². The van der Waals surface area contributed by atoms with E-state index in [1.807, 2.05) is 36.4 Å². The lowest BCUT2D eigenvalue weighted by atomic mass is 10.2. The van der Waals surface area contributed by atoms with Gasteiger partial charge in [0.2, 0.25) is 5.16 Å². The number of anilines is 1. The summed E-state index contributed by atoms with van der Waals surface area (Å²) in [5.74, 6) is 1.14. The van der Waals surface area contributed by atoms with E-state index >= 15 is 0 Å². The molecule has 5 nitrogen and oxygen atoms in total. The smallest absolute Gasteiger partial charge is 0.205 e. The standard InChI is InChI=1S/C21H26N4OS/c1-2-3-4-8-13-22-19-11-6-5-10-18(19)17-27(26)21-24-15-16-25(21)20-12-7-9-14-23-20/h5-7,9-12,14-16,22H,2-4,8,13,17H2,1H3. The SMILES string of the molecule is CCCCCCNc1ccccc1CS(=O)c1nccn1-c1ccccn1.